The first-order valence-electron chi connectivity index (χ1n) is 5.41. The summed E-state index contributed by atoms with van der Waals surface area (Å²) in [6, 6.07) is 6.32. The van der Waals surface area contributed by atoms with Crippen molar-refractivity contribution in [2.75, 3.05) is 13.7 Å². The summed E-state index contributed by atoms with van der Waals surface area (Å²) in [4.78, 5) is 0. The smallest absolute Gasteiger partial charge is 0.119 e. The highest BCUT2D eigenvalue weighted by molar-refractivity contribution is 5.71. The highest BCUT2D eigenvalue weighted by Gasteiger charge is 2.14. The average Bonchev–Trinajstić information content (AvgIpc) is 2.29. The summed E-state index contributed by atoms with van der Waals surface area (Å²) in [6.45, 7) is 0.617. The van der Waals surface area contributed by atoms with Gasteiger partial charge in [0.15, 0.2) is 0 Å². The molecule has 0 radical (unpaired) electrons. The zero-order valence-electron chi connectivity index (χ0n) is 9.12. The molecule has 0 fully saturated rings. The molecule has 0 unspecified atom stereocenters. The van der Waals surface area contributed by atoms with E-state index in [1.54, 1.807) is 7.11 Å². The van der Waals surface area contributed by atoms with Gasteiger partial charge in [0.1, 0.15) is 5.75 Å². The van der Waals surface area contributed by atoms with Gasteiger partial charge in [-0.15, -0.1) is 0 Å². The Morgan fingerprint density at radius 1 is 1.40 bits per heavy atom. The molecule has 2 N–H and O–H groups in total. The molecule has 2 rings (SSSR count). The molecule has 0 saturated carbocycles. The molecule has 80 valence electrons. The molecule has 0 saturated heterocycles. The Labute approximate surface area is 90.7 Å². The van der Waals surface area contributed by atoms with Crippen molar-refractivity contribution >= 4 is 5.57 Å². The summed E-state index contributed by atoms with van der Waals surface area (Å²) in [7, 11) is 1.71. The van der Waals surface area contributed by atoms with E-state index in [9.17, 15) is 0 Å². The quantitative estimate of drug-likeness (QED) is 0.801. The number of hydrogen-bond acceptors (Lipinski definition) is 2. The number of benzene rings is 1. The number of fused-ring (bicyclic) bond motifs is 1. The van der Waals surface area contributed by atoms with Crippen molar-refractivity contribution in [2.45, 2.75) is 19.3 Å². The van der Waals surface area contributed by atoms with Gasteiger partial charge in [0.25, 0.3) is 0 Å². The first-order chi connectivity index (χ1) is 7.35. The van der Waals surface area contributed by atoms with E-state index in [-0.39, 0.29) is 0 Å². The van der Waals surface area contributed by atoms with Crippen LogP contribution in [0.25, 0.3) is 5.57 Å². The normalized spacial score (nSPS) is 17.6. The average molecular weight is 203 g/mol. The van der Waals surface area contributed by atoms with E-state index in [1.165, 1.54) is 29.5 Å². The van der Waals surface area contributed by atoms with Gasteiger partial charge in [-0.25, -0.2) is 0 Å². The summed E-state index contributed by atoms with van der Waals surface area (Å²) in [5.74, 6) is 0.929. The minimum absolute atomic E-state index is 0.617. The molecule has 0 spiro atoms. The third kappa shape index (κ3) is 2.05. The van der Waals surface area contributed by atoms with Crippen LogP contribution in [0, 0.1) is 0 Å². The van der Waals surface area contributed by atoms with Gasteiger partial charge in [-0.3, -0.25) is 0 Å². The zero-order chi connectivity index (χ0) is 10.7. The van der Waals surface area contributed by atoms with Crippen molar-refractivity contribution in [3.63, 3.8) is 0 Å². The molecule has 1 aromatic rings. The second-order valence-corrected chi connectivity index (χ2v) is 3.84. The van der Waals surface area contributed by atoms with Crippen LogP contribution < -0.4 is 10.5 Å². The highest BCUT2D eigenvalue weighted by atomic mass is 16.5. The third-order valence-electron chi connectivity index (χ3n) is 2.92. The van der Waals surface area contributed by atoms with Crippen LogP contribution in [0.15, 0.2) is 24.3 Å². The zero-order valence-corrected chi connectivity index (χ0v) is 9.12. The van der Waals surface area contributed by atoms with Crippen LogP contribution in [0.3, 0.4) is 0 Å². The van der Waals surface area contributed by atoms with Crippen molar-refractivity contribution in [1.82, 2.24) is 0 Å². The molecule has 0 heterocycles. The Kier molecular flexibility index (Phi) is 3.07. The predicted molar refractivity (Wildman–Crippen MR) is 63.0 cm³/mol. The van der Waals surface area contributed by atoms with Crippen LogP contribution in [0.4, 0.5) is 0 Å². The lowest BCUT2D eigenvalue weighted by molar-refractivity contribution is 0.414. The number of methoxy groups -OCH3 is 1. The van der Waals surface area contributed by atoms with E-state index < -0.39 is 0 Å². The van der Waals surface area contributed by atoms with Crippen molar-refractivity contribution < 1.29 is 4.74 Å². The Bertz CT molecular complexity index is 382. The van der Waals surface area contributed by atoms with Crippen molar-refractivity contribution in [3.8, 4) is 5.75 Å². The van der Waals surface area contributed by atoms with Gasteiger partial charge in [-0.1, -0.05) is 12.1 Å². The van der Waals surface area contributed by atoms with Gasteiger partial charge < -0.3 is 10.5 Å². The minimum atomic E-state index is 0.617. The van der Waals surface area contributed by atoms with Crippen molar-refractivity contribution in [1.29, 1.82) is 0 Å². The van der Waals surface area contributed by atoms with Crippen LogP contribution in [0.5, 0.6) is 5.75 Å². The first-order valence-corrected chi connectivity index (χ1v) is 5.41. The van der Waals surface area contributed by atoms with Crippen molar-refractivity contribution in [3.05, 3.63) is 35.4 Å². The predicted octanol–water partition coefficient (Wildman–Crippen LogP) is 2.37. The largest absolute Gasteiger partial charge is 0.497 e. The van der Waals surface area contributed by atoms with Crippen molar-refractivity contribution in [2.24, 2.45) is 5.73 Å². The molecule has 0 amide bonds. The molecule has 1 aliphatic carbocycles. The van der Waals surface area contributed by atoms with E-state index in [4.69, 9.17) is 10.5 Å². The summed E-state index contributed by atoms with van der Waals surface area (Å²) < 4.78 is 5.25. The Hall–Kier alpha value is -1.28. The topological polar surface area (TPSA) is 35.2 Å². The molecule has 1 aliphatic rings. The fourth-order valence-corrected chi connectivity index (χ4v) is 2.16. The van der Waals surface area contributed by atoms with Gasteiger partial charge in [-0.05, 0) is 48.1 Å². The van der Waals surface area contributed by atoms with Crippen LogP contribution in [-0.4, -0.2) is 13.7 Å². The summed E-state index contributed by atoms with van der Waals surface area (Å²) >= 11 is 0. The monoisotopic (exact) mass is 203 g/mol. The minimum Gasteiger partial charge on any atom is -0.497 e. The summed E-state index contributed by atoms with van der Waals surface area (Å²) in [5, 5.41) is 0. The Morgan fingerprint density at radius 2 is 2.27 bits per heavy atom. The molecule has 0 aromatic heterocycles. The maximum absolute atomic E-state index is 5.58. The molecule has 2 heteroatoms. The lowest BCUT2D eigenvalue weighted by Gasteiger charge is -2.19. The SMILES string of the molecule is COc1ccc2c(c1)/C(=C/CN)CCC2. The van der Waals surface area contributed by atoms with E-state index in [1.807, 2.05) is 6.07 Å². The maximum Gasteiger partial charge on any atom is 0.119 e. The van der Waals surface area contributed by atoms with Gasteiger partial charge in [0.2, 0.25) is 0 Å². The second-order valence-electron chi connectivity index (χ2n) is 3.84. The van der Waals surface area contributed by atoms with Crippen LogP contribution in [-0.2, 0) is 6.42 Å². The molecular weight excluding hydrogens is 186 g/mol. The summed E-state index contributed by atoms with van der Waals surface area (Å²) in [5.41, 5.74) is 9.70. The Morgan fingerprint density at radius 3 is 3.00 bits per heavy atom. The summed E-state index contributed by atoms with van der Waals surface area (Å²) in [6.07, 6.45) is 5.65. The number of rotatable bonds is 2. The molecule has 1 aromatic carbocycles. The number of allylic oxidation sites excluding steroid dienone is 1. The maximum atomic E-state index is 5.58. The fourth-order valence-electron chi connectivity index (χ4n) is 2.16. The lowest BCUT2D eigenvalue weighted by Crippen LogP contribution is -2.04. The molecule has 15 heavy (non-hydrogen) atoms. The number of ether oxygens (including phenoxy) is 1. The van der Waals surface area contributed by atoms with E-state index >= 15 is 0 Å². The first kappa shape index (κ1) is 10.2. The standard InChI is InChI=1S/C13H17NO/c1-15-12-6-5-10-3-2-4-11(7-8-14)13(10)9-12/h5-7,9H,2-4,8,14H2,1H3/b11-7+. The van der Waals surface area contributed by atoms with Gasteiger partial charge in [0, 0.05) is 6.54 Å². The molecular formula is C13H17NO. The van der Waals surface area contributed by atoms with Gasteiger partial charge >= 0.3 is 0 Å². The van der Waals surface area contributed by atoms with Gasteiger partial charge in [0.05, 0.1) is 7.11 Å². The van der Waals surface area contributed by atoms with Crippen LogP contribution in [0.2, 0.25) is 0 Å². The lowest BCUT2D eigenvalue weighted by atomic mass is 9.87. The second kappa shape index (κ2) is 4.49. The van der Waals surface area contributed by atoms with Crippen LogP contribution >= 0.6 is 0 Å². The molecule has 0 bridgehead atoms. The number of nitrogens with two attached hydrogens (primary N) is 1. The third-order valence-corrected chi connectivity index (χ3v) is 2.92. The Balaban J connectivity index is 2.44. The molecule has 0 aliphatic heterocycles. The number of aryl methyl sites for hydroxylation is 1. The van der Waals surface area contributed by atoms with E-state index in [0.717, 1.165) is 12.2 Å². The molecule has 2 nitrogen and oxygen atoms in total. The van der Waals surface area contributed by atoms with Gasteiger partial charge in [-0.2, -0.15) is 0 Å². The van der Waals surface area contributed by atoms with E-state index in [2.05, 4.69) is 18.2 Å². The number of hydrogen-bond donors (Lipinski definition) is 1. The van der Waals surface area contributed by atoms with E-state index in [0.29, 0.717) is 6.54 Å². The molecule has 0 atom stereocenters. The highest BCUT2D eigenvalue weighted by Crippen LogP contribution is 2.32. The van der Waals surface area contributed by atoms with Crippen LogP contribution in [0.1, 0.15) is 24.0 Å². The fraction of sp³-hybridized carbons (Fsp3) is 0.385.